The number of hydrogen-bond acceptors (Lipinski definition) is 5. The van der Waals surface area contributed by atoms with Crippen LogP contribution in [0.2, 0.25) is 0 Å². The van der Waals surface area contributed by atoms with Gasteiger partial charge >= 0.3 is 6.18 Å². The second kappa shape index (κ2) is 8.12. The lowest BCUT2D eigenvalue weighted by Crippen LogP contribution is -2.54. The summed E-state index contributed by atoms with van der Waals surface area (Å²) in [5.74, 6) is -0.592. The number of alkyl halides is 3. The van der Waals surface area contributed by atoms with E-state index in [2.05, 4.69) is 10.6 Å². The highest BCUT2D eigenvalue weighted by Crippen LogP contribution is 2.36. The Balaban J connectivity index is 0.00000261. The normalized spacial score (nSPS) is 24.8. The highest BCUT2D eigenvalue weighted by molar-refractivity contribution is 8.18. The van der Waals surface area contributed by atoms with Gasteiger partial charge in [0, 0.05) is 30.9 Å². The van der Waals surface area contributed by atoms with Crippen LogP contribution < -0.4 is 15.5 Å². The van der Waals surface area contributed by atoms with Crippen LogP contribution in [-0.2, 0) is 11.0 Å². The fraction of sp³-hybridized carbons (Fsp3) is 0.412. The Morgan fingerprint density at radius 3 is 2.33 bits per heavy atom. The SMILES string of the molecule is C[C@@H]1CN(c2ccc(C(F)(F)F)cc2/C=C2/SC(=O)NC2=O)C[C@H](C)N1.Cl. The van der Waals surface area contributed by atoms with Gasteiger partial charge in [-0.15, -0.1) is 12.4 Å². The van der Waals surface area contributed by atoms with Crippen molar-refractivity contribution in [3.63, 3.8) is 0 Å². The summed E-state index contributed by atoms with van der Waals surface area (Å²) in [5.41, 5.74) is 0.0889. The van der Waals surface area contributed by atoms with Crippen LogP contribution in [0, 0.1) is 0 Å². The van der Waals surface area contributed by atoms with Crippen molar-refractivity contribution in [2.45, 2.75) is 32.1 Å². The predicted octanol–water partition coefficient (Wildman–Crippen LogP) is 3.64. The van der Waals surface area contributed by atoms with Gasteiger partial charge in [-0.2, -0.15) is 13.2 Å². The zero-order valence-electron chi connectivity index (χ0n) is 14.6. The van der Waals surface area contributed by atoms with Crippen LogP contribution in [0.4, 0.5) is 23.7 Å². The molecule has 2 aliphatic heterocycles. The first-order chi connectivity index (χ1) is 12.1. The van der Waals surface area contributed by atoms with Gasteiger partial charge in [0.25, 0.3) is 11.1 Å². The van der Waals surface area contributed by atoms with Gasteiger partial charge in [-0.25, -0.2) is 0 Å². The predicted molar refractivity (Wildman–Crippen MR) is 102 cm³/mol. The standard InChI is InChI=1S/C17H18F3N3O2S.ClH/c1-9-7-23(8-10(2)21-9)13-4-3-12(17(18,19)20)5-11(13)6-14-15(24)22-16(25)26-14;/h3-6,9-10,21H,7-8H2,1-2H3,(H,22,24,25);1H/b14-6+;/t9-,10+;. The van der Waals surface area contributed by atoms with Gasteiger partial charge in [0.15, 0.2) is 0 Å². The second-order valence-corrected chi connectivity index (χ2v) is 7.51. The molecule has 2 atom stereocenters. The Labute approximate surface area is 165 Å². The van der Waals surface area contributed by atoms with Crippen LogP contribution in [0.1, 0.15) is 25.0 Å². The van der Waals surface area contributed by atoms with Gasteiger partial charge in [-0.3, -0.25) is 14.9 Å². The van der Waals surface area contributed by atoms with Crippen molar-refractivity contribution in [3.8, 4) is 0 Å². The smallest absolute Gasteiger partial charge is 0.368 e. The molecule has 0 radical (unpaired) electrons. The van der Waals surface area contributed by atoms with Crippen LogP contribution in [0.15, 0.2) is 23.1 Å². The molecule has 2 amide bonds. The molecule has 2 saturated heterocycles. The number of rotatable bonds is 2. The molecular formula is C17H19ClF3N3O2S. The van der Waals surface area contributed by atoms with E-state index in [1.54, 1.807) is 0 Å². The molecule has 0 spiro atoms. The summed E-state index contributed by atoms with van der Waals surface area (Å²) in [6.07, 6.45) is -3.14. The van der Waals surface area contributed by atoms with Gasteiger partial charge in [0.1, 0.15) is 0 Å². The maximum atomic E-state index is 13.1. The van der Waals surface area contributed by atoms with Crippen molar-refractivity contribution in [1.29, 1.82) is 0 Å². The number of benzene rings is 1. The number of halogens is 4. The number of hydrogen-bond donors (Lipinski definition) is 2. The summed E-state index contributed by atoms with van der Waals surface area (Å²) < 4.78 is 39.4. The molecule has 148 valence electrons. The second-order valence-electron chi connectivity index (χ2n) is 6.50. The van der Waals surface area contributed by atoms with Crippen LogP contribution in [-0.4, -0.2) is 36.3 Å². The van der Waals surface area contributed by atoms with Crippen molar-refractivity contribution in [2.24, 2.45) is 0 Å². The topological polar surface area (TPSA) is 61.4 Å². The van der Waals surface area contributed by atoms with E-state index in [4.69, 9.17) is 0 Å². The van der Waals surface area contributed by atoms with E-state index in [0.717, 1.165) is 12.1 Å². The average Bonchev–Trinajstić information content (AvgIpc) is 2.83. The molecule has 2 aliphatic rings. The van der Waals surface area contributed by atoms with Gasteiger partial charge < -0.3 is 10.2 Å². The summed E-state index contributed by atoms with van der Waals surface area (Å²) in [5, 5.41) is 4.96. The zero-order valence-corrected chi connectivity index (χ0v) is 16.2. The molecule has 2 heterocycles. The Bertz CT molecular complexity index is 775. The third-order valence-electron chi connectivity index (χ3n) is 4.18. The molecule has 2 fully saturated rings. The molecule has 2 N–H and O–H groups in total. The molecule has 0 bridgehead atoms. The highest BCUT2D eigenvalue weighted by Gasteiger charge is 2.32. The van der Waals surface area contributed by atoms with E-state index >= 15 is 0 Å². The first-order valence-electron chi connectivity index (χ1n) is 8.10. The number of piperazine rings is 1. The zero-order chi connectivity index (χ0) is 19.1. The third kappa shape index (κ3) is 4.97. The fourth-order valence-electron chi connectivity index (χ4n) is 3.22. The molecule has 0 unspecified atom stereocenters. The molecule has 0 saturated carbocycles. The summed E-state index contributed by atoms with van der Waals surface area (Å²) in [6.45, 7) is 5.27. The minimum Gasteiger partial charge on any atom is -0.368 e. The summed E-state index contributed by atoms with van der Waals surface area (Å²) in [7, 11) is 0. The van der Waals surface area contributed by atoms with Crippen molar-refractivity contribution in [3.05, 3.63) is 34.2 Å². The number of imide groups is 1. The molecule has 3 rings (SSSR count). The largest absolute Gasteiger partial charge is 0.416 e. The number of thioether (sulfide) groups is 1. The number of nitrogens with one attached hydrogen (secondary N) is 2. The van der Waals surface area contributed by atoms with Crippen LogP contribution >= 0.6 is 24.2 Å². The van der Waals surface area contributed by atoms with E-state index in [0.29, 0.717) is 30.5 Å². The number of nitrogens with zero attached hydrogens (tertiary/aromatic N) is 1. The molecule has 5 nitrogen and oxygen atoms in total. The van der Waals surface area contributed by atoms with Gasteiger partial charge in [0.05, 0.1) is 10.5 Å². The van der Waals surface area contributed by atoms with Gasteiger partial charge in [-0.1, -0.05) is 0 Å². The molecular weight excluding hydrogens is 403 g/mol. The molecule has 27 heavy (non-hydrogen) atoms. The van der Waals surface area contributed by atoms with Crippen LogP contribution in [0.3, 0.4) is 0 Å². The molecule has 0 aliphatic carbocycles. The first-order valence-corrected chi connectivity index (χ1v) is 8.92. The highest BCUT2D eigenvalue weighted by atomic mass is 35.5. The quantitative estimate of drug-likeness (QED) is 0.714. The maximum absolute atomic E-state index is 13.1. The van der Waals surface area contributed by atoms with Crippen molar-refractivity contribution < 1.29 is 22.8 Å². The summed E-state index contributed by atoms with van der Waals surface area (Å²) in [4.78, 5) is 25.2. The third-order valence-corrected chi connectivity index (χ3v) is 4.99. The number of carbonyl (C=O) groups excluding carboxylic acids is 2. The minimum atomic E-state index is -4.49. The van der Waals surface area contributed by atoms with E-state index in [1.807, 2.05) is 18.7 Å². The number of carbonyl (C=O) groups is 2. The lowest BCUT2D eigenvalue weighted by atomic mass is 10.0. The van der Waals surface area contributed by atoms with Crippen LogP contribution in [0.25, 0.3) is 6.08 Å². The lowest BCUT2D eigenvalue weighted by molar-refractivity contribution is -0.137. The fourth-order valence-corrected chi connectivity index (χ4v) is 3.89. The summed E-state index contributed by atoms with van der Waals surface area (Å²) >= 11 is 0.688. The van der Waals surface area contributed by atoms with Crippen LogP contribution in [0.5, 0.6) is 0 Å². The molecule has 10 heteroatoms. The Morgan fingerprint density at radius 1 is 1.19 bits per heavy atom. The minimum absolute atomic E-state index is 0. The van der Waals surface area contributed by atoms with Crippen molar-refractivity contribution in [2.75, 3.05) is 18.0 Å². The van der Waals surface area contributed by atoms with E-state index in [9.17, 15) is 22.8 Å². The number of amides is 2. The van der Waals surface area contributed by atoms with Gasteiger partial charge in [-0.05, 0) is 55.4 Å². The van der Waals surface area contributed by atoms with Crippen molar-refractivity contribution in [1.82, 2.24) is 10.6 Å². The van der Waals surface area contributed by atoms with Gasteiger partial charge in [0.2, 0.25) is 0 Å². The Kier molecular flexibility index (Phi) is 6.49. The number of anilines is 1. The Morgan fingerprint density at radius 2 is 1.81 bits per heavy atom. The lowest BCUT2D eigenvalue weighted by Gasteiger charge is -2.38. The average molecular weight is 422 g/mol. The van der Waals surface area contributed by atoms with E-state index < -0.39 is 22.9 Å². The van der Waals surface area contributed by atoms with E-state index in [-0.39, 0.29) is 35.0 Å². The first kappa shape index (κ1) is 21.6. The van der Waals surface area contributed by atoms with Crippen molar-refractivity contribution >= 4 is 47.1 Å². The van der Waals surface area contributed by atoms with E-state index in [1.165, 1.54) is 12.1 Å². The maximum Gasteiger partial charge on any atom is 0.416 e. The Hall–Kier alpha value is -1.71. The monoisotopic (exact) mass is 421 g/mol. The molecule has 1 aromatic rings. The summed E-state index contributed by atoms with van der Waals surface area (Å²) in [6, 6.07) is 3.84. The molecule has 0 aromatic heterocycles. The molecule has 1 aromatic carbocycles.